The Bertz CT molecular complexity index is 151. The largest absolute Gasteiger partial charge is 0.383 e. The highest BCUT2D eigenvalue weighted by Gasteiger charge is 2.19. The molecule has 0 amide bonds. The molecule has 3 nitrogen and oxygen atoms in total. The van der Waals surface area contributed by atoms with E-state index in [4.69, 9.17) is 10.5 Å². The van der Waals surface area contributed by atoms with Gasteiger partial charge >= 0.3 is 0 Å². The third-order valence-electron chi connectivity index (χ3n) is 2.85. The Morgan fingerprint density at radius 2 is 1.87 bits per heavy atom. The lowest BCUT2D eigenvalue weighted by Crippen LogP contribution is -2.48. The van der Waals surface area contributed by atoms with E-state index in [2.05, 4.69) is 32.6 Å². The van der Waals surface area contributed by atoms with Crippen molar-refractivity contribution in [2.24, 2.45) is 11.7 Å². The SMILES string of the molecule is CCC(N)C(C)N(CCOC)CC(C)C. The van der Waals surface area contributed by atoms with Gasteiger partial charge in [0.05, 0.1) is 6.61 Å². The molecule has 0 radical (unpaired) electrons. The molecule has 0 aromatic rings. The molecule has 0 saturated carbocycles. The van der Waals surface area contributed by atoms with Gasteiger partial charge in [-0.3, -0.25) is 4.90 Å². The Balaban J connectivity index is 4.19. The molecule has 0 bridgehead atoms. The Hall–Kier alpha value is -0.120. The van der Waals surface area contributed by atoms with Crippen molar-refractivity contribution >= 4 is 0 Å². The normalized spacial score (nSPS) is 16.0. The van der Waals surface area contributed by atoms with Gasteiger partial charge in [0.15, 0.2) is 0 Å². The standard InChI is InChI=1S/C12H28N2O/c1-6-12(13)11(4)14(7-8-15-5)9-10(2)3/h10-12H,6-9,13H2,1-5H3. The minimum atomic E-state index is 0.264. The molecule has 0 fully saturated rings. The van der Waals surface area contributed by atoms with Crippen LogP contribution >= 0.6 is 0 Å². The summed E-state index contributed by atoms with van der Waals surface area (Å²) in [6.45, 7) is 11.7. The van der Waals surface area contributed by atoms with Gasteiger partial charge in [0, 0.05) is 32.3 Å². The van der Waals surface area contributed by atoms with Crippen LogP contribution in [0.15, 0.2) is 0 Å². The second-order valence-corrected chi connectivity index (χ2v) is 4.69. The first-order valence-electron chi connectivity index (χ1n) is 6.01. The van der Waals surface area contributed by atoms with Crippen molar-refractivity contribution in [3.05, 3.63) is 0 Å². The van der Waals surface area contributed by atoms with Gasteiger partial charge in [0.25, 0.3) is 0 Å². The van der Waals surface area contributed by atoms with Crippen LogP contribution in [0.2, 0.25) is 0 Å². The molecule has 2 N–H and O–H groups in total. The van der Waals surface area contributed by atoms with Crippen LogP contribution in [0.1, 0.15) is 34.1 Å². The second kappa shape index (κ2) is 8.08. The first kappa shape index (κ1) is 14.9. The molecule has 2 unspecified atom stereocenters. The Labute approximate surface area is 95.0 Å². The number of hydrogen-bond donors (Lipinski definition) is 1. The van der Waals surface area contributed by atoms with Crippen LogP contribution in [0.3, 0.4) is 0 Å². The van der Waals surface area contributed by atoms with Crippen molar-refractivity contribution in [2.75, 3.05) is 26.8 Å². The van der Waals surface area contributed by atoms with Crippen LogP contribution < -0.4 is 5.73 Å². The Morgan fingerprint density at radius 3 is 2.27 bits per heavy atom. The third kappa shape index (κ3) is 6.13. The molecule has 0 saturated heterocycles. The zero-order valence-electron chi connectivity index (χ0n) is 11.0. The summed E-state index contributed by atoms with van der Waals surface area (Å²) in [5.74, 6) is 0.674. The topological polar surface area (TPSA) is 38.5 Å². The fourth-order valence-electron chi connectivity index (χ4n) is 1.75. The van der Waals surface area contributed by atoms with E-state index in [1.807, 2.05) is 0 Å². The van der Waals surface area contributed by atoms with E-state index in [9.17, 15) is 0 Å². The lowest BCUT2D eigenvalue weighted by Gasteiger charge is -2.33. The summed E-state index contributed by atoms with van der Waals surface area (Å²) in [5.41, 5.74) is 6.08. The first-order chi connectivity index (χ1) is 7.02. The van der Waals surface area contributed by atoms with Crippen LogP contribution in [0, 0.1) is 5.92 Å². The molecule has 92 valence electrons. The number of ether oxygens (including phenoxy) is 1. The molecule has 0 aromatic heterocycles. The molecular formula is C12H28N2O. The molecule has 0 aromatic carbocycles. The maximum Gasteiger partial charge on any atom is 0.0589 e. The van der Waals surface area contributed by atoms with E-state index in [1.165, 1.54) is 0 Å². The van der Waals surface area contributed by atoms with Crippen LogP contribution in [0.5, 0.6) is 0 Å². The first-order valence-corrected chi connectivity index (χ1v) is 6.01. The van der Waals surface area contributed by atoms with Gasteiger partial charge in [0.1, 0.15) is 0 Å². The zero-order chi connectivity index (χ0) is 11.8. The van der Waals surface area contributed by atoms with E-state index >= 15 is 0 Å². The van der Waals surface area contributed by atoms with Gasteiger partial charge < -0.3 is 10.5 Å². The summed E-state index contributed by atoms with van der Waals surface area (Å²) in [7, 11) is 1.75. The molecule has 2 atom stereocenters. The van der Waals surface area contributed by atoms with Crippen molar-refractivity contribution in [2.45, 2.75) is 46.2 Å². The van der Waals surface area contributed by atoms with Gasteiger partial charge in [-0.15, -0.1) is 0 Å². The molecule has 0 heterocycles. The molecule has 0 rings (SSSR count). The molecule has 15 heavy (non-hydrogen) atoms. The Morgan fingerprint density at radius 1 is 1.27 bits per heavy atom. The van der Waals surface area contributed by atoms with Crippen LogP contribution in [-0.2, 0) is 4.74 Å². The van der Waals surface area contributed by atoms with Crippen LogP contribution in [0.4, 0.5) is 0 Å². The molecule has 0 aliphatic carbocycles. The van der Waals surface area contributed by atoms with E-state index in [0.717, 1.165) is 26.1 Å². The fraction of sp³-hybridized carbons (Fsp3) is 1.00. The number of methoxy groups -OCH3 is 1. The smallest absolute Gasteiger partial charge is 0.0589 e. The highest BCUT2D eigenvalue weighted by molar-refractivity contribution is 4.78. The predicted octanol–water partition coefficient (Wildman–Crippen LogP) is 1.72. The van der Waals surface area contributed by atoms with Gasteiger partial charge in [-0.05, 0) is 19.3 Å². The van der Waals surface area contributed by atoms with Gasteiger partial charge in [-0.2, -0.15) is 0 Å². The van der Waals surface area contributed by atoms with Gasteiger partial charge in [-0.1, -0.05) is 20.8 Å². The summed E-state index contributed by atoms with van der Waals surface area (Å²) >= 11 is 0. The highest BCUT2D eigenvalue weighted by Crippen LogP contribution is 2.08. The highest BCUT2D eigenvalue weighted by atomic mass is 16.5. The summed E-state index contributed by atoms with van der Waals surface area (Å²) in [6.07, 6.45) is 1.03. The quantitative estimate of drug-likeness (QED) is 0.671. The van der Waals surface area contributed by atoms with Crippen molar-refractivity contribution in [1.29, 1.82) is 0 Å². The van der Waals surface area contributed by atoms with E-state index in [-0.39, 0.29) is 6.04 Å². The average molecular weight is 216 g/mol. The second-order valence-electron chi connectivity index (χ2n) is 4.69. The van der Waals surface area contributed by atoms with Crippen molar-refractivity contribution in [1.82, 2.24) is 4.90 Å². The Kier molecular flexibility index (Phi) is 8.02. The monoisotopic (exact) mass is 216 g/mol. The predicted molar refractivity (Wildman–Crippen MR) is 66.0 cm³/mol. The van der Waals surface area contributed by atoms with Crippen molar-refractivity contribution in [3.63, 3.8) is 0 Å². The van der Waals surface area contributed by atoms with Crippen molar-refractivity contribution < 1.29 is 4.74 Å². The third-order valence-corrected chi connectivity index (χ3v) is 2.85. The van der Waals surface area contributed by atoms with Gasteiger partial charge in [0.2, 0.25) is 0 Å². The lowest BCUT2D eigenvalue weighted by molar-refractivity contribution is 0.105. The zero-order valence-corrected chi connectivity index (χ0v) is 11.0. The van der Waals surface area contributed by atoms with Crippen LogP contribution in [0.25, 0.3) is 0 Å². The average Bonchev–Trinajstić information content (AvgIpc) is 2.21. The van der Waals surface area contributed by atoms with Crippen LogP contribution in [-0.4, -0.2) is 43.8 Å². The lowest BCUT2D eigenvalue weighted by atomic mass is 10.1. The van der Waals surface area contributed by atoms with Gasteiger partial charge in [-0.25, -0.2) is 0 Å². The molecule has 0 aliphatic rings. The summed E-state index contributed by atoms with van der Waals surface area (Å²) in [4.78, 5) is 2.43. The number of nitrogens with two attached hydrogens (primary N) is 1. The number of hydrogen-bond acceptors (Lipinski definition) is 3. The molecule has 0 spiro atoms. The summed E-state index contributed by atoms with van der Waals surface area (Å²) in [5, 5.41) is 0. The van der Waals surface area contributed by atoms with E-state index in [0.29, 0.717) is 12.0 Å². The molecule has 0 aliphatic heterocycles. The maximum absolute atomic E-state index is 6.08. The van der Waals surface area contributed by atoms with E-state index < -0.39 is 0 Å². The maximum atomic E-state index is 6.08. The van der Waals surface area contributed by atoms with E-state index in [1.54, 1.807) is 7.11 Å². The number of nitrogens with zero attached hydrogens (tertiary/aromatic N) is 1. The fourth-order valence-corrected chi connectivity index (χ4v) is 1.75. The minimum Gasteiger partial charge on any atom is -0.383 e. The molecule has 3 heteroatoms. The minimum absolute atomic E-state index is 0.264. The molecular weight excluding hydrogens is 188 g/mol. The summed E-state index contributed by atoms with van der Waals surface area (Å²) in [6, 6.07) is 0.702. The summed E-state index contributed by atoms with van der Waals surface area (Å²) < 4.78 is 5.13. The van der Waals surface area contributed by atoms with Crippen molar-refractivity contribution in [3.8, 4) is 0 Å². The number of rotatable bonds is 8.